The highest BCUT2D eigenvalue weighted by Crippen LogP contribution is 2.23. The Labute approximate surface area is 165 Å². The van der Waals surface area contributed by atoms with Crippen molar-refractivity contribution in [3.8, 4) is 0 Å². The van der Waals surface area contributed by atoms with Gasteiger partial charge in [0.15, 0.2) is 0 Å². The van der Waals surface area contributed by atoms with Gasteiger partial charge in [0.05, 0.1) is 6.04 Å². The van der Waals surface area contributed by atoms with Crippen LogP contribution in [0.4, 0.5) is 5.69 Å². The zero-order valence-electron chi connectivity index (χ0n) is 18.3. The molecule has 0 saturated carbocycles. The number of carbonyl (C=O) groups excluding carboxylic acids is 2. The van der Waals surface area contributed by atoms with Gasteiger partial charge in [0.25, 0.3) is 0 Å². The van der Waals surface area contributed by atoms with Crippen molar-refractivity contribution in [3.63, 3.8) is 0 Å². The van der Waals surface area contributed by atoms with Crippen LogP contribution in [0.1, 0.15) is 64.5 Å². The highest BCUT2D eigenvalue weighted by atomic mass is 16.2. The zero-order chi connectivity index (χ0) is 20.8. The fourth-order valence-electron chi connectivity index (χ4n) is 3.06. The second-order valence-electron chi connectivity index (χ2n) is 6.61. The van der Waals surface area contributed by atoms with Gasteiger partial charge in [0.2, 0.25) is 11.8 Å². The molecule has 154 valence electrons. The number of anilines is 1. The first-order chi connectivity index (χ1) is 12.9. The number of hydrogen-bond donors (Lipinski definition) is 2. The summed E-state index contributed by atoms with van der Waals surface area (Å²) in [6, 6.07) is 6.17. The molecule has 1 heterocycles. The molecule has 5 nitrogen and oxygen atoms in total. The van der Waals surface area contributed by atoms with E-state index in [0.29, 0.717) is 0 Å². The fraction of sp³-hybridized carbons (Fsp3) is 0.636. The molecule has 0 radical (unpaired) electrons. The predicted molar refractivity (Wildman–Crippen MR) is 115 cm³/mol. The lowest BCUT2D eigenvalue weighted by Crippen LogP contribution is -2.47. The van der Waals surface area contributed by atoms with E-state index >= 15 is 0 Å². The Kier molecular flexibility index (Phi) is 13.2. The van der Waals surface area contributed by atoms with Gasteiger partial charge < -0.3 is 10.6 Å². The van der Waals surface area contributed by atoms with E-state index in [9.17, 15) is 9.59 Å². The van der Waals surface area contributed by atoms with Crippen LogP contribution in [0, 0.1) is 13.8 Å². The van der Waals surface area contributed by atoms with Gasteiger partial charge in [-0.3, -0.25) is 14.5 Å². The first kappa shape index (κ1) is 25.1. The second-order valence-corrected chi connectivity index (χ2v) is 6.61. The quantitative estimate of drug-likeness (QED) is 0.823. The maximum atomic E-state index is 12.6. The number of nitrogens with zero attached hydrogens (tertiary/aromatic N) is 1. The topological polar surface area (TPSA) is 61.4 Å². The van der Waals surface area contributed by atoms with E-state index in [-0.39, 0.29) is 17.9 Å². The van der Waals surface area contributed by atoms with Crippen LogP contribution in [0.2, 0.25) is 0 Å². The minimum Gasteiger partial charge on any atom is -0.359 e. The lowest BCUT2D eigenvalue weighted by molar-refractivity contribution is -0.122. The first-order valence-electron chi connectivity index (χ1n) is 10.2. The molecule has 2 amide bonds. The summed E-state index contributed by atoms with van der Waals surface area (Å²) in [5.41, 5.74) is 3.26. The Morgan fingerprint density at radius 2 is 1.70 bits per heavy atom. The summed E-state index contributed by atoms with van der Waals surface area (Å²) in [4.78, 5) is 24.6. The molecule has 2 rings (SSSR count). The van der Waals surface area contributed by atoms with Crippen LogP contribution in [0.3, 0.4) is 0 Å². The van der Waals surface area contributed by atoms with Gasteiger partial charge >= 0.3 is 0 Å². The fourth-order valence-corrected chi connectivity index (χ4v) is 3.06. The van der Waals surface area contributed by atoms with Crippen molar-refractivity contribution in [2.45, 2.75) is 73.3 Å². The highest BCUT2D eigenvalue weighted by molar-refractivity contribution is 5.96. The summed E-state index contributed by atoms with van der Waals surface area (Å²) >= 11 is 0. The van der Waals surface area contributed by atoms with Crippen molar-refractivity contribution < 1.29 is 9.59 Å². The Bertz CT molecular complexity index is 550. The predicted octanol–water partition coefficient (Wildman–Crippen LogP) is 4.28. The van der Waals surface area contributed by atoms with E-state index in [2.05, 4.69) is 22.5 Å². The normalized spacial score (nSPS) is 16.2. The van der Waals surface area contributed by atoms with E-state index in [1.54, 1.807) is 7.05 Å². The molecule has 1 aromatic carbocycles. The van der Waals surface area contributed by atoms with Gasteiger partial charge in [0.1, 0.15) is 0 Å². The lowest BCUT2D eigenvalue weighted by Gasteiger charge is -2.34. The van der Waals surface area contributed by atoms with Crippen LogP contribution in [-0.2, 0) is 9.59 Å². The van der Waals surface area contributed by atoms with Gasteiger partial charge in [-0.15, -0.1) is 0 Å². The molecule has 1 aromatic rings. The molecule has 1 fully saturated rings. The van der Waals surface area contributed by atoms with Crippen molar-refractivity contribution in [1.29, 1.82) is 0 Å². The number of likely N-dealkylation sites (tertiary alicyclic amines) is 1. The van der Waals surface area contributed by atoms with E-state index in [1.807, 2.05) is 45.9 Å². The van der Waals surface area contributed by atoms with Gasteiger partial charge in [-0.25, -0.2) is 0 Å². The number of piperidine rings is 1. The Morgan fingerprint density at radius 1 is 1.15 bits per heavy atom. The number of para-hydroxylation sites is 1. The molecule has 1 saturated heterocycles. The summed E-state index contributed by atoms with van der Waals surface area (Å²) in [6.45, 7) is 13.8. The average molecular weight is 378 g/mol. The molecular weight excluding hydrogens is 338 g/mol. The largest absolute Gasteiger partial charge is 0.359 e. The minimum absolute atomic E-state index is 0.00463. The molecule has 0 aromatic heterocycles. The van der Waals surface area contributed by atoms with E-state index in [0.717, 1.165) is 49.2 Å². The van der Waals surface area contributed by atoms with Crippen LogP contribution in [0.5, 0.6) is 0 Å². The molecule has 0 aliphatic carbocycles. The molecule has 1 aliphatic heterocycles. The molecule has 27 heavy (non-hydrogen) atoms. The molecule has 1 unspecified atom stereocenters. The van der Waals surface area contributed by atoms with E-state index in [4.69, 9.17) is 0 Å². The minimum atomic E-state index is 0.00463. The first-order valence-corrected chi connectivity index (χ1v) is 10.2. The second kappa shape index (κ2) is 14.2. The van der Waals surface area contributed by atoms with Crippen LogP contribution in [0.25, 0.3) is 0 Å². The van der Waals surface area contributed by atoms with Crippen molar-refractivity contribution in [2.24, 2.45) is 0 Å². The number of hydrogen-bond acceptors (Lipinski definition) is 3. The van der Waals surface area contributed by atoms with Crippen LogP contribution < -0.4 is 10.6 Å². The van der Waals surface area contributed by atoms with Crippen LogP contribution >= 0.6 is 0 Å². The van der Waals surface area contributed by atoms with Crippen LogP contribution in [-0.4, -0.2) is 42.9 Å². The number of benzene rings is 1. The number of amides is 2. The Hall–Kier alpha value is -1.88. The monoisotopic (exact) mass is 377 g/mol. The summed E-state index contributed by atoms with van der Waals surface area (Å²) in [5, 5.41) is 5.54. The maximum absolute atomic E-state index is 12.6. The number of carbonyl (C=O) groups is 2. The number of rotatable bonds is 4. The molecule has 0 bridgehead atoms. The summed E-state index contributed by atoms with van der Waals surface area (Å²) in [7, 11) is 1.60. The van der Waals surface area contributed by atoms with Crippen molar-refractivity contribution in [1.82, 2.24) is 10.2 Å². The molecule has 0 spiro atoms. The van der Waals surface area contributed by atoms with Crippen molar-refractivity contribution in [3.05, 3.63) is 29.3 Å². The molecular formula is C22H39N3O2. The van der Waals surface area contributed by atoms with E-state index < -0.39 is 0 Å². The standard InChI is InChI=1S/C17H26N2O.C3H7NO.C2H6/c1-4-11-19-12-6-5-10-15(19)17(20)18-16-13(2)8-7-9-14(16)3;1-3(5)4-2;1-2/h7-9,15H,4-6,10-12H2,1-3H3,(H,18,20);1-2H3,(H,4,5);1-2H3. The van der Waals surface area contributed by atoms with Gasteiger partial charge in [-0.2, -0.15) is 0 Å². The smallest absolute Gasteiger partial charge is 0.241 e. The summed E-state index contributed by atoms with van der Waals surface area (Å²) in [6.07, 6.45) is 4.46. The van der Waals surface area contributed by atoms with Gasteiger partial charge in [0, 0.05) is 19.7 Å². The van der Waals surface area contributed by atoms with E-state index in [1.165, 1.54) is 13.3 Å². The molecule has 2 N–H and O–H groups in total. The zero-order valence-corrected chi connectivity index (χ0v) is 18.3. The SMILES string of the molecule is CC.CCCN1CCCCC1C(=O)Nc1c(C)cccc1C.CNC(C)=O. The summed E-state index contributed by atoms with van der Waals surface area (Å²) < 4.78 is 0. The molecule has 1 atom stereocenters. The summed E-state index contributed by atoms with van der Waals surface area (Å²) in [5.74, 6) is 0.167. The third-order valence-electron chi connectivity index (χ3n) is 4.51. The van der Waals surface area contributed by atoms with Crippen molar-refractivity contribution in [2.75, 3.05) is 25.5 Å². The lowest BCUT2D eigenvalue weighted by atomic mass is 10.0. The third-order valence-corrected chi connectivity index (χ3v) is 4.51. The number of aryl methyl sites for hydroxylation is 2. The van der Waals surface area contributed by atoms with Crippen molar-refractivity contribution >= 4 is 17.5 Å². The highest BCUT2D eigenvalue weighted by Gasteiger charge is 2.28. The maximum Gasteiger partial charge on any atom is 0.241 e. The Morgan fingerprint density at radius 3 is 2.19 bits per heavy atom. The molecule has 5 heteroatoms. The molecule has 1 aliphatic rings. The van der Waals surface area contributed by atoms with Gasteiger partial charge in [-0.1, -0.05) is 45.4 Å². The third kappa shape index (κ3) is 9.05. The van der Waals surface area contributed by atoms with Crippen LogP contribution in [0.15, 0.2) is 18.2 Å². The number of nitrogens with one attached hydrogen (secondary N) is 2. The Balaban J connectivity index is 0.000000838. The average Bonchev–Trinajstić information content (AvgIpc) is 2.67. The van der Waals surface area contributed by atoms with Gasteiger partial charge in [-0.05, 0) is 57.3 Å².